The second-order valence-electron chi connectivity index (χ2n) is 5.95. The number of fused-ring (bicyclic) bond motifs is 2. The van der Waals surface area contributed by atoms with E-state index in [1.54, 1.807) is 7.05 Å². The minimum Gasteiger partial charge on any atom is -0.296 e. The van der Waals surface area contributed by atoms with E-state index in [4.69, 9.17) is 0 Å². The summed E-state index contributed by atoms with van der Waals surface area (Å²) in [7, 11) is 1.62. The molecule has 1 aliphatic rings. The standard InChI is InChI=1S/C15H14F3N5O/c1-22-12-11(6-8(7-19-12)15(16,17)18)20-14(22)23-13(24)9-4-2-3-5-10(9)21-23/h6-7,21H,2-5H2,1H3. The molecule has 6 nitrogen and oxygen atoms in total. The Hall–Kier alpha value is -2.58. The third-order valence-electron chi connectivity index (χ3n) is 4.39. The number of aromatic amines is 1. The lowest BCUT2D eigenvalue weighted by atomic mass is 9.98. The van der Waals surface area contributed by atoms with Gasteiger partial charge in [0.2, 0.25) is 5.95 Å². The van der Waals surface area contributed by atoms with Crippen LogP contribution in [-0.2, 0) is 26.1 Å². The molecule has 3 heterocycles. The molecule has 3 aromatic rings. The zero-order chi connectivity index (χ0) is 17.1. The molecule has 0 aliphatic heterocycles. The number of pyridine rings is 1. The Labute approximate surface area is 133 Å². The summed E-state index contributed by atoms with van der Waals surface area (Å²) in [6, 6.07) is 0.944. The van der Waals surface area contributed by atoms with Gasteiger partial charge in [-0.25, -0.2) is 9.97 Å². The van der Waals surface area contributed by atoms with Gasteiger partial charge in [0.15, 0.2) is 5.65 Å². The number of rotatable bonds is 1. The van der Waals surface area contributed by atoms with E-state index >= 15 is 0 Å². The van der Waals surface area contributed by atoms with Gasteiger partial charge in [0, 0.05) is 24.5 Å². The average Bonchev–Trinajstić information content (AvgIpc) is 3.04. The highest BCUT2D eigenvalue weighted by Crippen LogP contribution is 2.30. The molecular weight excluding hydrogens is 323 g/mol. The summed E-state index contributed by atoms with van der Waals surface area (Å²) < 4.78 is 41.3. The van der Waals surface area contributed by atoms with E-state index in [2.05, 4.69) is 15.1 Å². The van der Waals surface area contributed by atoms with E-state index in [1.807, 2.05) is 0 Å². The van der Waals surface area contributed by atoms with Crippen LogP contribution in [0.5, 0.6) is 0 Å². The first-order valence-electron chi connectivity index (χ1n) is 7.59. The molecule has 0 saturated carbocycles. The van der Waals surface area contributed by atoms with Crippen molar-refractivity contribution in [2.24, 2.45) is 7.05 Å². The summed E-state index contributed by atoms with van der Waals surface area (Å²) in [4.78, 5) is 20.6. The highest BCUT2D eigenvalue weighted by molar-refractivity contribution is 5.73. The number of aryl methyl sites for hydroxylation is 2. The average molecular weight is 337 g/mol. The van der Waals surface area contributed by atoms with Crippen LogP contribution in [0.3, 0.4) is 0 Å². The van der Waals surface area contributed by atoms with Gasteiger partial charge >= 0.3 is 6.18 Å². The van der Waals surface area contributed by atoms with Crippen LogP contribution in [0.4, 0.5) is 13.2 Å². The minimum absolute atomic E-state index is 0.0989. The van der Waals surface area contributed by atoms with Gasteiger partial charge in [-0.3, -0.25) is 14.5 Å². The molecule has 0 saturated heterocycles. The van der Waals surface area contributed by atoms with Gasteiger partial charge in [-0.2, -0.15) is 17.9 Å². The van der Waals surface area contributed by atoms with Crippen molar-refractivity contribution in [3.63, 3.8) is 0 Å². The molecule has 24 heavy (non-hydrogen) atoms. The normalized spacial score (nSPS) is 15.0. The third kappa shape index (κ3) is 2.15. The molecule has 126 valence electrons. The number of H-pyrrole nitrogens is 1. The molecule has 4 rings (SSSR count). The first kappa shape index (κ1) is 15.0. The number of imidazole rings is 1. The minimum atomic E-state index is -4.48. The zero-order valence-corrected chi connectivity index (χ0v) is 12.8. The van der Waals surface area contributed by atoms with E-state index in [1.165, 1.54) is 9.25 Å². The molecule has 3 aromatic heterocycles. The highest BCUT2D eigenvalue weighted by atomic mass is 19.4. The molecule has 0 unspecified atom stereocenters. The van der Waals surface area contributed by atoms with Crippen molar-refractivity contribution in [2.45, 2.75) is 31.9 Å². The van der Waals surface area contributed by atoms with E-state index in [9.17, 15) is 18.0 Å². The fraction of sp³-hybridized carbons (Fsp3) is 0.400. The van der Waals surface area contributed by atoms with E-state index in [0.29, 0.717) is 6.42 Å². The van der Waals surface area contributed by atoms with Crippen LogP contribution in [-0.4, -0.2) is 24.3 Å². The summed E-state index contributed by atoms with van der Waals surface area (Å²) in [5.74, 6) is 0.233. The number of aromatic nitrogens is 5. The highest BCUT2D eigenvalue weighted by Gasteiger charge is 2.32. The number of hydrogen-bond acceptors (Lipinski definition) is 3. The van der Waals surface area contributed by atoms with Crippen molar-refractivity contribution in [1.29, 1.82) is 0 Å². The molecule has 1 N–H and O–H groups in total. The van der Waals surface area contributed by atoms with Gasteiger partial charge in [-0.15, -0.1) is 0 Å². The lowest BCUT2D eigenvalue weighted by Crippen LogP contribution is -2.20. The van der Waals surface area contributed by atoms with E-state index in [0.717, 1.165) is 42.8 Å². The predicted molar refractivity (Wildman–Crippen MR) is 80.1 cm³/mol. The monoisotopic (exact) mass is 337 g/mol. The van der Waals surface area contributed by atoms with Crippen LogP contribution in [0, 0.1) is 0 Å². The molecule has 0 atom stereocenters. The Morgan fingerprint density at radius 3 is 2.71 bits per heavy atom. The van der Waals surface area contributed by atoms with Gasteiger partial charge in [0.05, 0.1) is 5.56 Å². The number of hydrogen-bond donors (Lipinski definition) is 1. The largest absolute Gasteiger partial charge is 0.417 e. The molecule has 0 bridgehead atoms. The number of halogens is 3. The Bertz CT molecular complexity index is 995. The first-order valence-corrected chi connectivity index (χ1v) is 7.59. The van der Waals surface area contributed by atoms with Crippen LogP contribution < -0.4 is 5.56 Å². The van der Waals surface area contributed by atoms with Crippen molar-refractivity contribution in [3.05, 3.63) is 39.4 Å². The predicted octanol–water partition coefficient (Wildman–Crippen LogP) is 2.34. The maximum atomic E-state index is 12.8. The lowest BCUT2D eigenvalue weighted by Gasteiger charge is -2.07. The van der Waals surface area contributed by atoms with Crippen molar-refractivity contribution < 1.29 is 13.2 Å². The van der Waals surface area contributed by atoms with Crippen molar-refractivity contribution in [1.82, 2.24) is 24.3 Å². The van der Waals surface area contributed by atoms with Crippen LogP contribution in [0.2, 0.25) is 0 Å². The lowest BCUT2D eigenvalue weighted by molar-refractivity contribution is -0.137. The topological polar surface area (TPSA) is 68.5 Å². The van der Waals surface area contributed by atoms with Crippen LogP contribution in [0.25, 0.3) is 17.1 Å². The smallest absolute Gasteiger partial charge is 0.296 e. The second-order valence-corrected chi connectivity index (χ2v) is 5.95. The molecule has 0 amide bonds. The number of nitrogens with one attached hydrogen (secondary N) is 1. The summed E-state index contributed by atoms with van der Waals surface area (Å²) in [6.45, 7) is 0. The summed E-state index contributed by atoms with van der Waals surface area (Å²) in [5, 5.41) is 3.04. The Morgan fingerprint density at radius 2 is 2.00 bits per heavy atom. The Morgan fingerprint density at radius 1 is 1.25 bits per heavy atom. The Kier molecular flexibility index (Phi) is 3.09. The first-order chi connectivity index (χ1) is 11.4. The number of alkyl halides is 3. The van der Waals surface area contributed by atoms with Crippen LogP contribution in [0.15, 0.2) is 17.1 Å². The Balaban J connectivity index is 1.90. The van der Waals surface area contributed by atoms with Crippen LogP contribution >= 0.6 is 0 Å². The third-order valence-corrected chi connectivity index (χ3v) is 4.39. The summed E-state index contributed by atoms with van der Waals surface area (Å²) >= 11 is 0. The zero-order valence-electron chi connectivity index (χ0n) is 12.8. The molecule has 0 radical (unpaired) electrons. The number of nitrogens with zero attached hydrogens (tertiary/aromatic N) is 4. The van der Waals surface area contributed by atoms with Crippen molar-refractivity contribution in [3.8, 4) is 5.95 Å². The van der Waals surface area contributed by atoms with Gasteiger partial charge < -0.3 is 0 Å². The van der Waals surface area contributed by atoms with E-state index in [-0.39, 0.29) is 22.7 Å². The molecular formula is C15H14F3N5O. The summed E-state index contributed by atoms with van der Waals surface area (Å²) in [5.41, 5.74) is 0.940. The molecule has 0 aromatic carbocycles. The van der Waals surface area contributed by atoms with Gasteiger partial charge in [0.1, 0.15) is 5.52 Å². The van der Waals surface area contributed by atoms with Crippen molar-refractivity contribution >= 4 is 11.2 Å². The quantitative estimate of drug-likeness (QED) is 0.741. The van der Waals surface area contributed by atoms with Crippen molar-refractivity contribution in [2.75, 3.05) is 0 Å². The second kappa shape index (κ2) is 4.96. The molecule has 9 heteroatoms. The molecule has 1 aliphatic carbocycles. The van der Waals surface area contributed by atoms with E-state index < -0.39 is 11.7 Å². The molecule has 0 spiro atoms. The fourth-order valence-corrected chi connectivity index (χ4v) is 3.15. The van der Waals surface area contributed by atoms with Crippen LogP contribution in [0.1, 0.15) is 29.7 Å². The van der Waals surface area contributed by atoms with Gasteiger partial charge in [-0.1, -0.05) is 0 Å². The maximum absolute atomic E-state index is 12.8. The van der Waals surface area contributed by atoms with Gasteiger partial charge in [0.25, 0.3) is 5.56 Å². The fourth-order valence-electron chi connectivity index (χ4n) is 3.15. The van der Waals surface area contributed by atoms with Gasteiger partial charge in [-0.05, 0) is 31.7 Å². The molecule has 0 fully saturated rings. The summed E-state index contributed by atoms with van der Waals surface area (Å²) in [6.07, 6.45) is -0.251. The maximum Gasteiger partial charge on any atom is 0.417 e. The SMILES string of the molecule is Cn1c(-n2[nH]c3c(c2=O)CCCC3)nc2cc(C(F)(F)F)cnc21.